The van der Waals surface area contributed by atoms with Crippen LogP contribution >= 0.6 is 0 Å². The number of sulfonamides is 1. The third-order valence-electron chi connectivity index (χ3n) is 4.59. The summed E-state index contributed by atoms with van der Waals surface area (Å²) < 4.78 is 27.3. The van der Waals surface area contributed by atoms with Gasteiger partial charge >= 0.3 is 0 Å². The number of para-hydroxylation sites is 1. The summed E-state index contributed by atoms with van der Waals surface area (Å²) in [5.41, 5.74) is 1.99. The Morgan fingerprint density at radius 3 is 2.55 bits per heavy atom. The molecular formula is C17H18N2O2S. The van der Waals surface area contributed by atoms with Crippen LogP contribution in [-0.4, -0.2) is 25.3 Å². The van der Waals surface area contributed by atoms with Gasteiger partial charge in [-0.3, -0.25) is 0 Å². The summed E-state index contributed by atoms with van der Waals surface area (Å²) in [7, 11) is -3.34. The van der Waals surface area contributed by atoms with Crippen LogP contribution in [-0.2, 0) is 10.0 Å². The summed E-state index contributed by atoms with van der Waals surface area (Å²) in [6.45, 7) is 0.647. The maximum absolute atomic E-state index is 12.8. The van der Waals surface area contributed by atoms with Crippen LogP contribution in [0.1, 0.15) is 24.4 Å². The molecule has 1 unspecified atom stereocenters. The first-order chi connectivity index (χ1) is 10.7. The van der Waals surface area contributed by atoms with Crippen molar-refractivity contribution in [2.75, 3.05) is 11.9 Å². The summed E-state index contributed by atoms with van der Waals surface area (Å²) in [6.07, 6.45) is 1.80. The SMILES string of the molecule is O=S1(=O)c2ccccc2C2CC[C@@H](CNc3ccccc3)N21. The van der Waals surface area contributed by atoms with Crippen molar-refractivity contribution >= 4 is 15.7 Å². The average molecular weight is 314 g/mol. The number of hydrogen-bond acceptors (Lipinski definition) is 3. The molecule has 1 N–H and O–H groups in total. The Morgan fingerprint density at radius 2 is 1.73 bits per heavy atom. The lowest BCUT2D eigenvalue weighted by atomic mass is 10.1. The van der Waals surface area contributed by atoms with Crippen LogP contribution in [0.3, 0.4) is 0 Å². The van der Waals surface area contributed by atoms with Gasteiger partial charge in [0.15, 0.2) is 0 Å². The van der Waals surface area contributed by atoms with Crippen LogP contribution in [0.2, 0.25) is 0 Å². The third-order valence-corrected chi connectivity index (χ3v) is 6.62. The highest BCUT2D eigenvalue weighted by Crippen LogP contribution is 2.48. The monoisotopic (exact) mass is 314 g/mol. The number of fused-ring (bicyclic) bond motifs is 3. The molecule has 0 aromatic heterocycles. The Kier molecular flexibility index (Phi) is 3.20. The van der Waals surface area contributed by atoms with E-state index in [-0.39, 0.29) is 12.1 Å². The third kappa shape index (κ3) is 2.04. The van der Waals surface area contributed by atoms with Gasteiger partial charge < -0.3 is 5.32 Å². The first kappa shape index (κ1) is 13.8. The van der Waals surface area contributed by atoms with Gasteiger partial charge in [0.2, 0.25) is 10.0 Å². The number of nitrogens with one attached hydrogen (secondary N) is 1. The summed E-state index contributed by atoms with van der Waals surface area (Å²) in [5, 5.41) is 3.36. The molecule has 0 saturated carbocycles. The van der Waals surface area contributed by atoms with E-state index in [9.17, 15) is 8.42 Å². The van der Waals surface area contributed by atoms with E-state index in [1.54, 1.807) is 16.4 Å². The van der Waals surface area contributed by atoms with Gasteiger partial charge in [-0.2, -0.15) is 4.31 Å². The molecule has 1 fully saturated rings. The lowest BCUT2D eigenvalue weighted by Gasteiger charge is -2.23. The number of rotatable bonds is 3. The molecule has 22 heavy (non-hydrogen) atoms. The second kappa shape index (κ2) is 5.11. The van der Waals surface area contributed by atoms with Crippen LogP contribution in [0, 0.1) is 0 Å². The number of benzene rings is 2. The van der Waals surface area contributed by atoms with Crippen LogP contribution in [0.5, 0.6) is 0 Å². The molecule has 2 heterocycles. The first-order valence-electron chi connectivity index (χ1n) is 7.59. The van der Waals surface area contributed by atoms with Crippen molar-refractivity contribution in [3.8, 4) is 0 Å². The standard InChI is InChI=1S/C17H18N2O2S/c20-22(21)17-9-5-4-8-15(17)16-11-10-14(19(16)22)12-18-13-6-2-1-3-7-13/h1-9,14,16,18H,10-12H2/t14-,16?/m0/s1. The zero-order valence-corrected chi connectivity index (χ0v) is 13.0. The van der Waals surface area contributed by atoms with E-state index in [1.165, 1.54) is 0 Å². The molecule has 5 heteroatoms. The minimum absolute atomic E-state index is 0.0163. The summed E-state index contributed by atoms with van der Waals surface area (Å²) >= 11 is 0. The largest absolute Gasteiger partial charge is 0.383 e. The molecule has 1 saturated heterocycles. The molecular weight excluding hydrogens is 296 g/mol. The summed E-state index contributed by atoms with van der Waals surface area (Å²) in [4.78, 5) is 0.490. The molecule has 114 valence electrons. The Labute approximate surface area is 130 Å². The zero-order chi connectivity index (χ0) is 15.2. The van der Waals surface area contributed by atoms with E-state index in [4.69, 9.17) is 0 Å². The minimum Gasteiger partial charge on any atom is -0.383 e. The predicted molar refractivity (Wildman–Crippen MR) is 86.2 cm³/mol. The topological polar surface area (TPSA) is 49.4 Å². The van der Waals surface area contributed by atoms with Crippen molar-refractivity contribution in [1.82, 2.24) is 4.31 Å². The quantitative estimate of drug-likeness (QED) is 0.947. The first-order valence-corrected chi connectivity index (χ1v) is 9.03. The molecule has 0 radical (unpaired) electrons. The number of anilines is 1. The lowest BCUT2D eigenvalue weighted by Crippen LogP contribution is -2.37. The van der Waals surface area contributed by atoms with E-state index < -0.39 is 10.0 Å². The fraction of sp³-hybridized carbons (Fsp3) is 0.294. The van der Waals surface area contributed by atoms with Crippen molar-refractivity contribution in [2.24, 2.45) is 0 Å². The molecule has 2 aliphatic heterocycles. The highest BCUT2D eigenvalue weighted by molar-refractivity contribution is 7.89. The molecule has 0 spiro atoms. The van der Waals surface area contributed by atoms with E-state index >= 15 is 0 Å². The second-order valence-electron chi connectivity index (χ2n) is 5.87. The smallest absolute Gasteiger partial charge is 0.244 e. The van der Waals surface area contributed by atoms with Crippen molar-refractivity contribution in [1.29, 1.82) is 0 Å². The van der Waals surface area contributed by atoms with Crippen molar-refractivity contribution in [2.45, 2.75) is 29.8 Å². The Bertz CT molecular complexity index is 789. The van der Waals surface area contributed by atoms with Gasteiger partial charge in [0, 0.05) is 18.3 Å². The summed E-state index contributed by atoms with van der Waals surface area (Å²) in [5.74, 6) is 0. The van der Waals surface area contributed by atoms with Crippen LogP contribution in [0.15, 0.2) is 59.5 Å². The Morgan fingerprint density at radius 1 is 1.00 bits per heavy atom. The number of hydrogen-bond donors (Lipinski definition) is 1. The van der Waals surface area contributed by atoms with Crippen molar-refractivity contribution < 1.29 is 8.42 Å². The molecule has 2 aromatic rings. The fourth-order valence-electron chi connectivity index (χ4n) is 3.60. The van der Waals surface area contributed by atoms with Gasteiger partial charge in [-0.15, -0.1) is 0 Å². The van der Waals surface area contributed by atoms with Gasteiger partial charge in [0.05, 0.1) is 10.9 Å². The van der Waals surface area contributed by atoms with E-state index in [2.05, 4.69) is 5.32 Å². The molecule has 0 aliphatic carbocycles. The van der Waals surface area contributed by atoms with Gasteiger partial charge in [-0.25, -0.2) is 8.42 Å². The molecule has 0 bridgehead atoms. The zero-order valence-electron chi connectivity index (χ0n) is 12.1. The summed E-state index contributed by atoms with van der Waals surface area (Å²) in [6, 6.07) is 17.4. The molecule has 4 rings (SSSR count). The molecule has 0 amide bonds. The molecule has 2 aliphatic rings. The van der Waals surface area contributed by atoms with E-state index in [0.29, 0.717) is 11.4 Å². The normalized spacial score (nSPS) is 25.6. The predicted octanol–water partition coefficient (Wildman–Crippen LogP) is 3.01. The highest BCUT2D eigenvalue weighted by atomic mass is 32.2. The molecule has 4 nitrogen and oxygen atoms in total. The fourth-order valence-corrected chi connectivity index (χ4v) is 5.71. The average Bonchev–Trinajstić information content (AvgIpc) is 3.07. The van der Waals surface area contributed by atoms with Gasteiger partial charge in [0.25, 0.3) is 0 Å². The van der Waals surface area contributed by atoms with Crippen molar-refractivity contribution in [3.05, 3.63) is 60.2 Å². The van der Waals surface area contributed by atoms with Gasteiger partial charge in [0.1, 0.15) is 0 Å². The Hall–Kier alpha value is -1.85. The Balaban J connectivity index is 1.59. The number of nitrogens with zero attached hydrogens (tertiary/aromatic N) is 1. The van der Waals surface area contributed by atoms with Crippen molar-refractivity contribution in [3.63, 3.8) is 0 Å². The maximum Gasteiger partial charge on any atom is 0.244 e. The lowest BCUT2D eigenvalue weighted by molar-refractivity contribution is 0.350. The van der Waals surface area contributed by atoms with Crippen LogP contribution in [0.25, 0.3) is 0 Å². The van der Waals surface area contributed by atoms with Gasteiger partial charge in [-0.1, -0.05) is 36.4 Å². The van der Waals surface area contributed by atoms with Gasteiger partial charge in [-0.05, 0) is 36.6 Å². The minimum atomic E-state index is -3.34. The van der Waals surface area contributed by atoms with Crippen LogP contribution < -0.4 is 5.32 Å². The second-order valence-corrected chi connectivity index (χ2v) is 7.68. The molecule has 2 atom stereocenters. The highest BCUT2D eigenvalue weighted by Gasteiger charge is 2.49. The van der Waals surface area contributed by atoms with Crippen LogP contribution in [0.4, 0.5) is 5.69 Å². The van der Waals surface area contributed by atoms with E-state index in [1.807, 2.05) is 42.5 Å². The molecule has 2 aromatic carbocycles. The maximum atomic E-state index is 12.8. The van der Waals surface area contributed by atoms with E-state index in [0.717, 1.165) is 24.1 Å².